The Morgan fingerprint density at radius 1 is 1.07 bits per heavy atom. The molecule has 2 rings (SSSR count). The fraction of sp³-hybridized carbons (Fsp3) is 0.364. The molecule has 0 radical (unpaired) electrons. The highest BCUT2D eigenvalue weighted by atomic mass is 35.5. The standard InChI is InChI=1S/C22H25Cl2FN2O2S/c1-14(2)26-22(29)15(3)27(11-16-7-4-5-8-18(16)23)21(28)13-30-12-17-19(24)9-6-10-20(17)25/h4-10,14-15H,11-13H2,1-3H3,(H,26,29). The number of nitrogens with one attached hydrogen (secondary N) is 1. The average Bonchev–Trinajstić information content (AvgIpc) is 2.68. The number of nitrogens with zero attached hydrogens (tertiary/aromatic N) is 1. The molecule has 0 saturated heterocycles. The molecule has 0 spiro atoms. The van der Waals surface area contributed by atoms with E-state index >= 15 is 0 Å². The van der Waals surface area contributed by atoms with Crippen molar-refractivity contribution in [3.63, 3.8) is 0 Å². The third kappa shape index (κ3) is 6.89. The molecule has 0 aliphatic carbocycles. The van der Waals surface area contributed by atoms with E-state index in [-0.39, 0.29) is 35.9 Å². The second-order valence-electron chi connectivity index (χ2n) is 7.15. The number of hydrogen-bond acceptors (Lipinski definition) is 3. The van der Waals surface area contributed by atoms with Crippen molar-refractivity contribution in [2.24, 2.45) is 0 Å². The zero-order valence-electron chi connectivity index (χ0n) is 17.1. The maximum absolute atomic E-state index is 14.0. The van der Waals surface area contributed by atoms with Gasteiger partial charge < -0.3 is 10.2 Å². The normalized spacial score (nSPS) is 12.0. The topological polar surface area (TPSA) is 49.4 Å². The zero-order chi connectivity index (χ0) is 22.3. The predicted molar refractivity (Wildman–Crippen MR) is 122 cm³/mol. The first kappa shape index (κ1) is 24.5. The molecule has 1 unspecified atom stereocenters. The van der Waals surface area contributed by atoms with Gasteiger partial charge in [0.2, 0.25) is 11.8 Å². The van der Waals surface area contributed by atoms with Gasteiger partial charge >= 0.3 is 0 Å². The van der Waals surface area contributed by atoms with Crippen LogP contribution in [-0.4, -0.2) is 34.6 Å². The number of halogens is 3. The molecule has 0 aliphatic rings. The van der Waals surface area contributed by atoms with Gasteiger partial charge in [0.1, 0.15) is 11.9 Å². The Bertz CT molecular complexity index is 875. The Balaban J connectivity index is 2.13. The Labute approximate surface area is 191 Å². The lowest BCUT2D eigenvalue weighted by atomic mass is 10.1. The summed E-state index contributed by atoms with van der Waals surface area (Å²) in [5, 5.41) is 3.69. The summed E-state index contributed by atoms with van der Waals surface area (Å²) in [4.78, 5) is 27.0. The van der Waals surface area contributed by atoms with Crippen LogP contribution in [0.1, 0.15) is 31.9 Å². The molecule has 30 heavy (non-hydrogen) atoms. The third-order valence-corrected chi connectivity index (χ3v) is 6.10. The molecule has 0 aliphatic heterocycles. The smallest absolute Gasteiger partial charge is 0.242 e. The van der Waals surface area contributed by atoms with E-state index < -0.39 is 11.9 Å². The van der Waals surface area contributed by atoms with E-state index in [9.17, 15) is 14.0 Å². The first-order valence-electron chi connectivity index (χ1n) is 9.54. The second-order valence-corrected chi connectivity index (χ2v) is 8.95. The number of thioether (sulfide) groups is 1. The van der Waals surface area contributed by atoms with Crippen molar-refractivity contribution in [3.05, 3.63) is 69.5 Å². The zero-order valence-corrected chi connectivity index (χ0v) is 19.5. The minimum absolute atomic E-state index is 0.0465. The number of rotatable bonds is 9. The fourth-order valence-electron chi connectivity index (χ4n) is 2.79. The van der Waals surface area contributed by atoms with Crippen LogP contribution in [0.2, 0.25) is 10.0 Å². The minimum atomic E-state index is -0.686. The summed E-state index contributed by atoms with van der Waals surface area (Å²) in [6, 6.07) is 11.0. The summed E-state index contributed by atoms with van der Waals surface area (Å²) in [7, 11) is 0. The van der Waals surface area contributed by atoms with Crippen LogP contribution < -0.4 is 5.32 Å². The van der Waals surface area contributed by atoms with Gasteiger partial charge in [-0.15, -0.1) is 11.8 Å². The number of amides is 2. The Morgan fingerprint density at radius 2 is 1.73 bits per heavy atom. The molecule has 0 heterocycles. The Kier molecular flexibility index (Phi) is 9.46. The summed E-state index contributed by atoms with van der Waals surface area (Å²) >= 11 is 13.6. The first-order valence-corrected chi connectivity index (χ1v) is 11.5. The number of carbonyl (C=O) groups excluding carboxylic acids is 2. The molecule has 0 fully saturated rings. The Morgan fingerprint density at radius 3 is 2.37 bits per heavy atom. The monoisotopic (exact) mass is 470 g/mol. The van der Waals surface area contributed by atoms with Crippen LogP contribution in [0, 0.1) is 5.82 Å². The molecular weight excluding hydrogens is 446 g/mol. The molecule has 1 atom stereocenters. The SMILES string of the molecule is CC(C)NC(=O)C(C)N(Cc1ccccc1Cl)C(=O)CSCc1c(F)cccc1Cl. The van der Waals surface area contributed by atoms with Crippen molar-refractivity contribution in [2.45, 2.75) is 45.2 Å². The molecule has 1 N–H and O–H groups in total. The van der Waals surface area contributed by atoms with Crippen LogP contribution in [0.5, 0.6) is 0 Å². The van der Waals surface area contributed by atoms with Gasteiger partial charge in [-0.1, -0.05) is 47.5 Å². The summed E-state index contributed by atoms with van der Waals surface area (Å²) in [6.45, 7) is 5.61. The summed E-state index contributed by atoms with van der Waals surface area (Å²) in [6.07, 6.45) is 0. The van der Waals surface area contributed by atoms with Crippen LogP contribution in [0.3, 0.4) is 0 Å². The second kappa shape index (κ2) is 11.6. The minimum Gasteiger partial charge on any atom is -0.352 e. The van der Waals surface area contributed by atoms with E-state index in [1.54, 1.807) is 25.1 Å². The number of hydrogen-bond donors (Lipinski definition) is 1. The fourth-order valence-corrected chi connectivity index (χ4v) is 4.24. The highest BCUT2D eigenvalue weighted by molar-refractivity contribution is 7.99. The third-order valence-electron chi connectivity index (χ3n) is 4.43. The molecule has 2 aromatic rings. The van der Waals surface area contributed by atoms with Crippen LogP contribution in [-0.2, 0) is 21.9 Å². The van der Waals surface area contributed by atoms with E-state index in [2.05, 4.69) is 5.32 Å². The summed E-state index contributed by atoms with van der Waals surface area (Å²) in [5.74, 6) is -0.551. The molecule has 4 nitrogen and oxygen atoms in total. The van der Waals surface area contributed by atoms with Gasteiger partial charge in [0.05, 0.1) is 5.75 Å². The van der Waals surface area contributed by atoms with Crippen LogP contribution >= 0.6 is 35.0 Å². The van der Waals surface area contributed by atoms with Crippen molar-refractivity contribution in [1.82, 2.24) is 10.2 Å². The number of carbonyl (C=O) groups is 2. The quantitative estimate of drug-likeness (QED) is 0.540. The van der Waals surface area contributed by atoms with Gasteiger partial charge in [0.25, 0.3) is 0 Å². The number of benzene rings is 2. The van der Waals surface area contributed by atoms with Crippen molar-refractivity contribution < 1.29 is 14.0 Å². The van der Waals surface area contributed by atoms with Crippen molar-refractivity contribution in [2.75, 3.05) is 5.75 Å². The molecule has 0 aromatic heterocycles. The molecule has 2 aromatic carbocycles. The van der Waals surface area contributed by atoms with Crippen LogP contribution in [0.25, 0.3) is 0 Å². The maximum atomic E-state index is 14.0. The van der Waals surface area contributed by atoms with Crippen LogP contribution in [0.15, 0.2) is 42.5 Å². The van der Waals surface area contributed by atoms with Gasteiger partial charge in [-0.05, 0) is 44.5 Å². The highest BCUT2D eigenvalue weighted by Crippen LogP contribution is 2.25. The Hall–Kier alpha value is -1.76. The van der Waals surface area contributed by atoms with Crippen molar-refractivity contribution in [1.29, 1.82) is 0 Å². The van der Waals surface area contributed by atoms with E-state index in [0.717, 1.165) is 5.56 Å². The summed E-state index contributed by atoms with van der Waals surface area (Å²) < 4.78 is 14.0. The largest absolute Gasteiger partial charge is 0.352 e. The molecule has 2 amide bonds. The van der Waals surface area contributed by atoms with Gasteiger partial charge in [-0.3, -0.25) is 9.59 Å². The van der Waals surface area contributed by atoms with Gasteiger partial charge in [0.15, 0.2) is 0 Å². The van der Waals surface area contributed by atoms with Gasteiger partial charge in [-0.25, -0.2) is 4.39 Å². The average molecular weight is 471 g/mol. The van der Waals surface area contributed by atoms with Crippen LogP contribution in [0.4, 0.5) is 4.39 Å². The molecule has 162 valence electrons. The molecule has 0 bridgehead atoms. The summed E-state index contributed by atoms with van der Waals surface area (Å²) in [5.41, 5.74) is 1.11. The maximum Gasteiger partial charge on any atom is 0.242 e. The highest BCUT2D eigenvalue weighted by Gasteiger charge is 2.27. The van der Waals surface area contributed by atoms with E-state index in [1.165, 1.54) is 28.8 Å². The van der Waals surface area contributed by atoms with Gasteiger partial charge in [0, 0.05) is 33.9 Å². The van der Waals surface area contributed by atoms with Gasteiger partial charge in [-0.2, -0.15) is 0 Å². The molecule has 8 heteroatoms. The predicted octanol–water partition coefficient (Wildman–Crippen LogP) is 5.31. The first-order chi connectivity index (χ1) is 14.2. The van der Waals surface area contributed by atoms with E-state index in [4.69, 9.17) is 23.2 Å². The lowest BCUT2D eigenvalue weighted by Gasteiger charge is -2.29. The van der Waals surface area contributed by atoms with E-state index in [1.807, 2.05) is 26.0 Å². The lowest BCUT2D eigenvalue weighted by Crippen LogP contribution is -2.49. The lowest BCUT2D eigenvalue weighted by molar-refractivity contribution is -0.138. The van der Waals surface area contributed by atoms with Crippen molar-refractivity contribution in [3.8, 4) is 0 Å². The molecule has 0 saturated carbocycles. The molecular formula is C22H25Cl2FN2O2S. The van der Waals surface area contributed by atoms with E-state index in [0.29, 0.717) is 15.6 Å². The van der Waals surface area contributed by atoms with Crippen molar-refractivity contribution >= 4 is 46.8 Å².